The molecule has 44 heavy (non-hydrogen) atoms. The number of aliphatic hydroxyl groups is 1. The van der Waals surface area contributed by atoms with E-state index in [4.69, 9.17) is 23.4 Å². The third-order valence-electron chi connectivity index (χ3n) is 10.4. The number of benzene rings is 2. The van der Waals surface area contributed by atoms with Gasteiger partial charge in [0.05, 0.1) is 48.3 Å². The highest BCUT2D eigenvalue weighted by Gasteiger charge is 2.60. The fourth-order valence-electron chi connectivity index (χ4n) is 6.46. The van der Waals surface area contributed by atoms with Crippen LogP contribution in [0.2, 0.25) is 18.1 Å². The van der Waals surface area contributed by atoms with Gasteiger partial charge in [-0.25, -0.2) is 0 Å². The predicted octanol–water partition coefficient (Wildman–Crippen LogP) is 8.22. The molecule has 0 aromatic heterocycles. The van der Waals surface area contributed by atoms with Crippen LogP contribution >= 0.6 is 0 Å². The first kappa shape index (κ1) is 35.3. The van der Waals surface area contributed by atoms with E-state index in [9.17, 15) is 5.11 Å². The standard InChI is InChI=1S/C37H58O6Si/c1-34(2,3)44(7,8)42-32-25-31-37(6,43-36(32,5)21-15-16-23-38)26-33(40-28-30-19-13-10-14-20-30)35(4,41-31)22-24-39-27-29-17-11-9-12-18-29/h9-14,17-20,31-33,38H,15-16,21-28H2,1-8H3/t31-,32+,33-,35+,36-,37+/m1/s1. The van der Waals surface area contributed by atoms with Crippen molar-refractivity contribution in [2.24, 2.45) is 0 Å². The molecule has 6 nitrogen and oxygen atoms in total. The van der Waals surface area contributed by atoms with Gasteiger partial charge in [-0.3, -0.25) is 0 Å². The quantitative estimate of drug-likeness (QED) is 0.168. The summed E-state index contributed by atoms with van der Waals surface area (Å²) in [4.78, 5) is 0. The van der Waals surface area contributed by atoms with Crippen LogP contribution in [0.3, 0.4) is 0 Å². The van der Waals surface area contributed by atoms with Crippen LogP contribution < -0.4 is 0 Å². The molecule has 0 amide bonds. The molecule has 0 radical (unpaired) electrons. The predicted molar refractivity (Wildman–Crippen MR) is 179 cm³/mol. The van der Waals surface area contributed by atoms with E-state index >= 15 is 0 Å². The molecule has 2 heterocycles. The fourth-order valence-corrected chi connectivity index (χ4v) is 7.87. The van der Waals surface area contributed by atoms with Gasteiger partial charge < -0.3 is 28.5 Å². The Kier molecular flexibility index (Phi) is 11.6. The van der Waals surface area contributed by atoms with Crippen LogP contribution in [-0.4, -0.2) is 61.8 Å². The molecule has 7 heteroatoms. The van der Waals surface area contributed by atoms with Crippen LogP contribution in [0.1, 0.15) is 91.2 Å². The Morgan fingerprint density at radius 3 is 2.05 bits per heavy atom. The molecule has 2 saturated heterocycles. The van der Waals surface area contributed by atoms with Crippen LogP contribution in [0.25, 0.3) is 0 Å². The number of hydrogen-bond donors (Lipinski definition) is 1. The molecule has 246 valence electrons. The van der Waals surface area contributed by atoms with Gasteiger partial charge in [0.1, 0.15) is 0 Å². The van der Waals surface area contributed by atoms with Crippen molar-refractivity contribution in [3.8, 4) is 0 Å². The SMILES string of the molecule is CC(C)(C)[Si](C)(C)O[C@H]1C[C@H]2O[C@@](C)(CCOCc3ccccc3)[C@H](OCc3ccccc3)C[C@]2(C)O[C@]1(C)CCCCO. The number of unbranched alkanes of at least 4 members (excludes halogenated alkanes) is 1. The van der Waals surface area contributed by atoms with Gasteiger partial charge >= 0.3 is 0 Å². The molecule has 2 fully saturated rings. The van der Waals surface area contributed by atoms with E-state index < -0.39 is 25.1 Å². The topological polar surface area (TPSA) is 66.4 Å². The van der Waals surface area contributed by atoms with E-state index in [-0.39, 0.29) is 30.0 Å². The Labute approximate surface area is 267 Å². The van der Waals surface area contributed by atoms with Crippen molar-refractivity contribution >= 4 is 8.32 Å². The molecule has 6 atom stereocenters. The first-order valence-electron chi connectivity index (χ1n) is 16.6. The van der Waals surface area contributed by atoms with Gasteiger partial charge in [0, 0.05) is 32.5 Å². The number of fused-ring (bicyclic) bond motifs is 1. The normalized spacial score (nSPS) is 31.1. The van der Waals surface area contributed by atoms with Crippen molar-refractivity contribution in [2.75, 3.05) is 13.2 Å². The second-order valence-corrected chi connectivity index (χ2v) is 20.0. The van der Waals surface area contributed by atoms with Crippen molar-refractivity contribution in [3.05, 3.63) is 71.8 Å². The number of rotatable bonds is 14. The Morgan fingerprint density at radius 2 is 1.45 bits per heavy atom. The molecule has 0 saturated carbocycles. The maximum absolute atomic E-state index is 9.56. The third-order valence-corrected chi connectivity index (χ3v) is 14.9. The zero-order valence-electron chi connectivity index (χ0n) is 28.6. The van der Waals surface area contributed by atoms with E-state index in [2.05, 4.69) is 91.0 Å². The summed E-state index contributed by atoms with van der Waals surface area (Å²) in [5.41, 5.74) is 0.732. The maximum atomic E-state index is 9.56. The minimum absolute atomic E-state index is 0.0775. The van der Waals surface area contributed by atoms with Gasteiger partial charge in [-0.2, -0.15) is 0 Å². The van der Waals surface area contributed by atoms with Gasteiger partial charge in [-0.05, 0) is 69.3 Å². The highest BCUT2D eigenvalue weighted by atomic mass is 28.4. The summed E-state index contributed by atoms with van der Waals surface area (Å²) in [6.45, 7) is 20.0. The van der Waals surface area contributed by atoms with Crippen LogP contribution in [0, 0.1) is 0 Å². The van der Waals surface area contributed by atoms with Gasteiger partial charge in [0.25, 0.3) is 0 Å². The third kappa shape index (κ3) is 8.61. The lowest BCUT2D eigenvalue weighted by Crippen LogP contribution is -2.70. The summed E-state index contributed by atoms with van der Waals surface area (Å²) < 4.78 is 34.4. The molecule has 0 unspecified atom stereocenters. The molecule has 2 aliphatic heterocycles. The van der Waals surface area contributed by atoms with E-state index in [1.165, 1.54) is 5.56 Å². The zero-order valence-corrected chi connectivity index (χ0v) is 29.6. The second kappa shape index (κ2) is 14.5. The van der Waals surface area contributed by atoms with E-state index in [1.54, 1.807) is 0 Å². The van der Waals surface area contributed by atoms with Gasteiger partial charge in [0.15, 0.2) is 8.32 Å². The molecule has 1 N–H and O–H groups in total. The van der Waals surface area contributed by atoms with E-state index in [1.807, 2.05) is 24.3 Å². The molecule has 2 aromatic carbocycles. The van der Waals surface area contributed by atoms with E-state index in [0.717, 1.165) is 37.7 Å². The lowest BCUT2D eigenvalue weighted by atomic mass is 9.73. The summed E-state index contributed by atoms with van der Waals surface area (Å²) in [6.07, 6.45) is 4.26. The molecular formula is C37H58O6Si. The number of aliphatic hydroxyl groups excluding tert-OH is 1. The summed E-state index contributed by atoms with van der Waals surface area (Å²) in [5, 5.41) is 9.64. The van der Waals surface area contributed by atoms with Gasteiger partial charge in [-0.1, -0.05) is 81.4 Å². The van der Waals surface area contributed by atoms with Crippen molar-refractivity contribution < 1.29 is 28.5 Å². The average Bonchev–Trinajstić information content (AvgIpc) is 2.96. The summed E-state index contributed by atoms with van der Waals surface area (Å²) in [5.74, 6) is 0. The molecule has 2 aliphatic rings. The Bertz CT molecular complexity index is 1150. The highest BCUT2D eigenvalue weighted by Crippen LogP contribution is 2.51. The van der Waals surface area contributed by atoms with Crippen molar-refractivity contribution in [3.63, 3.8) is 0 Å². The van der Waals surface area contributed by atoms with Crippen molar-refractivity contribution in [1.29, 1.82) is 0 Å². The first-order chi connectivity index (χ1) is 20.7. The number of hydrogen-bond acceptors (Lipinski definition) is 6. The molecule has 2 aromatic rings. The molecule has 4 rings (SSSR count). The zero-order chi connectivity index (χ0) is 32.1. The minimum Gasteiger partial charge on any atom is -0.411 e. The van der Waals surface area contributed by atoms with Crippen LogP contribution in [0.15, 0.2) is 60.7 Å². The van der Waals surface area contributed by atoms with E-state index in [0.29, 0.717) is 26.2 Å². The molecule has 0 aliphatic carbocycles. The summed E-state index contributed by atoms with van der Waals surface area (Å²) in [6, 6.07) is 20.6. The molecular weight excluding hydrogens is 568 g/mol. The molecule has 0 spiro atoms. The van der Waals surface area contributed by atoms with Crippen LogP contribution in [0.4, 0.5) is 0 Å². The Hall–Kier alpha value is -1.58. The highest BCUT2D eigenvalue weighted by molar-refractivity contribution is 6.74. The largest absolute Gasteiger partial charge is 0.411 e. The summed E-state index contributed by atoms with van der Waals surface area (Å²) >= 11 is 0. The maximum Gasteiger partial charge on any atom is 0.192 e. The van der Waals surface area contributed by atoms with Gasteiger partial charge in [0.2, 0.25) is 0 Å². The Balaban J connectivity index is 1.57. The van der Waals surface area contributed by atoms with Crippen molar-refractivity contribution in [2.45, 2.75) is 147 Å². The lowest BCUT2D eigenvalue weighted by Gasteiger charge is -2.61. The second-order valence-electron chi connectivity index (χ2n) is 15.2. The van der Waals surface area contributed by atoms with Crippen molar-refractivity contribution in [1.82, 2.24) is 0 Å². The van der Waals surface area contributed by atoms with Gasteiger partial charge in [-0.15, -0.1) is 0 Å². The number of ether oxygens (including phenoxy) is 4. The Morgan fingerprint density at radius 1 is 0.841 bits per heavy atom. The minimum atomic E-state index is -2.10. The smallest absolute Gasteiger partial charge is 0.192 e. The molecule has 0 bridgehead atoms. The lowest BCUT2D eigenvalue weighted by molar-refractivity contribution is -0.339. The first-order valence-corrected chi connectivity index (χ1v) is 19.5. The van der Waals surface area contributed by atoms with Crippen LogP contribution in [-0.2, 0) is 36.6 Å². The average molecular weight is 627 g/mol. The fraction of sp³-hybridized carbons (Fsp3) is 0.676. The summed E-state index contributed by atoms with van der Waals surface area (Å²) in [7, 11) is -2.10. The van der Waals surface area contributed by atoms with Crippen LogP contribution in [0.5, 0.6) is 0 Å². The monoisotopic (exact) mass is 626 g/mol.